The average molecular weight is 263 g/mol. The fraction of sp³-hybridized carbons (Fsp3) is 0.500. The number of nitrogens with two attached hydrogens (primary N) is 1. The molecule has 1 saturated heterocycles. The lowest BCUT2D eigenvalue weighted by Gasteiger charge is -2.32. The van der Waals surface area contributed by atoms with Crippen LogP contribution in [-0.2, 0) is 0 Å². The summed E-state index contributed by atoms with van der Waals surface area (Å²) in [6, 6.07) is 3.87. The van der Waals surface area contributed by atoms with Gasteiger partial charge in [-0.1, -0.05) is 6.07 Å². The summed E-state index contributed by atoms with van der Waals surface area (Å²) in [5.74, 6) is 0.347. The Hall–Kier alpha value is -1.91. The van der Waals surface area contributed by atoms with Gasteiger partial charge in [-0.3, -0.25) is 0 Å². The van der Waals surface area contributed by atoms with Gasteiger partial charge in [-0.05, 0) is 38.3 Å². The van der Waals surface area contributed by atoms with Crippen LogP contribution >= 0.6 is 0 Å². The number of aryl methyl sites for hydroxylation is 1. The first kappa shape index (κ1) is 13.5. The second-order valence-corrected chi connectivity index (χ2v) is 5.15. The predicted molar refractivity (Wildman–Crippen MR) is 75.4 cm³/mol. The second kappa shape index (κ2) is 5.38. The number of phenolic OH excluding ortho intramolecular Hbond substituents is 1. The summed E-state index contributed by atoms with van der Waals surface area (Å²) >= 11 is 0. The van der Waals surface area contributed by atoms with Gasteiger partial charge in [0.05, 0.1) is 0 Å². The van der Waals surface area contributed by atoms with Crippen molar-refractivity contribution in [1.29, 1.82) is 0 Å². The summed E-state index contributed by atoms with van der Waals surface area (Å²) in [6.07, 6.45) is 1.74. The van der Waals surface area contributed by atoms with E-state index in [-0.39, 0.29) is 6.03 Å². The number of piperidine rings is 1. The first-order chi connectivity index (χ1) is 8.99. The van der Waals surface area contributed by atoms with Crippen LogP contribution in [0.15, 0.2) is 12.1 Å². The van der Waals surface area contributed by atoms with Crippen LogP contribution in [0.3, 0.4) is 0 Å². The van der Waals surface area contributed by atoms with Crippen molar-refractivity contribution in [3.63, 3.8) is 0 Å². The molecule has 0 aliphatic carbocycles. The molecular formula is C14H21N3O2. The van der Waals surface area contributed by atoms with Crippen molar-refractivity contribution >= 4 is 11.7 Å². The Kier molecular flexibility index (Phi) is 3.83. The Morgan fingerprint density at radius 3 is 2.58 bits per heavy atom. The first-order valence-electron chi connectivity index (χ1n) is 6.59. The number of nitrogens with one attached hydrogen (secondary N) is 1. The molecule has 2 amide bonds. The molecule has 2 rings (SSSR count). The maximum Gasteiger partial charge on any atom is 0.314 e. The highest BCUT2D eigenvalue weighted by atomic mass is 16.3. The summed E-state index contributed by atoms with van der Waals surface area (Å²) in [5.41, 5.74) is 7.97. The standard InChI is InChI=1S/C14H21N3O2/c1-9-3-4-12(10(2)13(9)18)16-11-5-7-17(8-6-11)14(15)19/h3-4,11,16,18H,5-8H2,1-2H3,(H2,15,19). The number of hydrogen-bond donors (Lipinski definition) is 3. The Bertz CT molecular complexity index is 480. The molecule has 4 N–H and O–H groups in total. The van der Waals surface area contributed by atoms with E-state index in [0.29, 0.717) is 24.9 Å². The summed E-state index contributed by atoms with van der Waals surface area (Å²) in [5, 5.41) is 13.4. The van der Waals surface area contributed by atoms with Crippen LogP contribution in [0, 0.1) is 13.8 Å². The molecule has 5 nitrogen and oxygen atoms in total. The molecule has 0 saturated carbocycles. The number of carbonyl (C=O) groups is 1. The number of nitrogens with zero attached hydrogens (tertiary/aromatic N) is 1. The molecule has 1 fully saturated rings. The third-order valence-corrected chi connectivity index (χ3v) is 3.80. The molecule has 0 radical (unpaired) electrons. The lowest BCUT2D eigenvalue weighted by atomic mass is 10.0. The number of rotatable bonds is 2. The van der Waals surface area contributed by atoms with E-state index in [9.17, 15) is 9.90 Å². The molecule has 0 spiro atoms. The van der Waals surface area contributed by atoms with Crippen molar-refractivity contribution in [3.05, 3.63) is 23.3 Å². The Balaban J connectivity index is 2.00. The zero-order chi connectivity index (χ0) is 14.0. The highest BCUT2D eigenvalue weighted by Gasteiger charge is 2.21. The summed E-state index contributed by atoms with van der Waals surface area (Å²) in [7, 11) is 0. The van der Waals surface area contributed by atoms with Gasteiger partial charge in [0.25, 0.3) is 0 Å². The second-order valence-electron chi connectivity index (χ2n) is 5.15. The number of urea groups is 1. The third-order valence-electron chi connectivity index (χ3n) is 3.80. The average Bonchev–Trinajstić information content (AvgIpc) is 2.40. The van der Waals surface area contributed by atoms with Crippen molar-refractivity contribution in [2.24, 2.45) is 5.73 Å². The van der Waals surface area contributed by atoms with Gasteiger partial charge in [-0.25, -0.2) is 4.79 Å². The minimum atomic E-state index is -0.345. The van der Waals surface area contributed by atoms with Gasteiger partial charge in [-0.2, -0.15) is 0 Å². The van der Waals surface area contributed by atoms with Crippen LogP contribution in [0.4, 0.5) is 10.5 Å². The van der Waals surface area contributed by atoms with Gasteiger partial charge in [0, 0.05) is 30.4 Å². The third kappa shape index (κ3) is 2.92. The predicted octanol–water partition coefficient (Wildman–Crippen LogP) is 1.96. The van der Waals surface area contributed by atoms with E-state index in [0.717, 1.165) is 29.7 Å². The number of phenols is 1. The number of likely N-dealkylation sites (tertiary alicyclic amines) is 1. The fourth-order valence-corrected chi connectivity index (χ4v) is 2.46. The molecule has 1 aliphatic rings. The molecular weight excluding hydrogens is 242 g/mol. The quantitative estimate of drug-likeness (QED) is 0.763. The smallest absolute Gasteiger partial charge is 0.314 e. The number of carbonyl (C=O) groups excluding carboxylic acids is 1. The number of primary amides is 1. The number of benzene rings is 1. The maximum atomic E-state index is 11.1. The van der Waals surface area contributed by atoms with Crippen LogP contribution in [0.1, 0.15) is 24.0 Å². The topological polar surface area (TPSA) is 78.6 Å². The van der Waals surface area contributed by atoms with Gasteiger partial charge in [0.2, 0.25) is 0 Å². The molecule has 5 heteroatoms. The summed E-state index contributed by atoms with van der Waals surface area (Å²) in [4.78, 5) is 12.7. The van der Waals surface area contributed by atoms with E-state index in [1.165, 1.54) is 0 Å². The van der Waals surface area contributed by atoms with Crippen molar-refractivity contribution < 1.29 is 9.90 Å². The van der Waals surface area contributed by atoms with Gasteiger partial charge in [0.15, 0.2) is 0 Å². The van der Waals surface area contributed by atoms with Crippen molar-refractivity contribution in [1.82, 2.24) is 4.90 Å². The molecule has 0 atom stereocenters. The van der Waals surface area contributed by atoms with Crippen LogP contribution in [0.2, 0.25) is 0 Å². The van der Waals surface area contributed by atoms with Crippen LogP contribution < -0.4 is 11.1 Å². The molecule has 1 aliphatic heterocycles. The SMILES string of the molecule is Cc1ccc(NC2CCN(C(N)=O)CC2)c(C)c1O. The van der Waals surface area contributed by atoms with E-state index in [4.69, 9.17) is 5.73 Å². The van der Waals surface area contributed by atoms with Crippen LogP contribution in [0.5, 0.6) is 5.75 Å². The Morgan fingerprint density at radius 2 is 2.00 bits per heavy atom. The van der Waals surface area contributed by atoms with Crippen LogP contribution in [-0.4, -0.2) is 35.2 Å². The van der Waals surface area contributed by atoms with Crippen molar-refractivity contribution in [2.75, 3.05) is 18.4 Å². The lowest BCUT2D eigenvalue weighted by molar-refractivity contribution is 0.193. The van der Waals surface area contributed by atoms with Gasteiger partial charge >= 0.3 is 6.03 Å². The molecule has 1 aromatic carbocycles. The molecule has 1 aromatic rings. The van der Waals surface area contributed by atoms with Crippen LogP contribution in [0.25, 0.3) is 0 Å². The summed E-state index contributed by atoms with van der Waals surface area (Å²) in [6.45, 7) is 5.16. The highest BCUT2D eigenvalue weighted by Crippen LogP contribution is 2.29. The monoisotopic (exact) mass is 263 g/mol. The van der Waals surface area contributed by atoms with Crippen molar-refractivity contribution in [2.45, 2.75) is 32.7 Å². The van der Waals surface area contributed by atoms with Crippen molar-refractivity contribution in [3.8, 4) is 5.75 Å². The molecule has 0 aromatic heterocycles. The normalized spacial score (nSPS) is 16.4. The number of anilines is 1. The van der Waals surface area contributed by atoms with E-state index < -0.39 is 0 Å². The highest BCUT2D eigenvalue weighted by molar-refractivity contribution is 5.72. The lowest BCUT2D eigenvalue weighted by Crippen LogP contribution is -2.44. The minimum Gasteiger partial charge on any atom is -0.507 e. The molecule has 0 unspecified atom stereocenters. The molecule has 104 valence electrons. The zero-order valence-corrected chi connectivity index (χ0v) is 11.4. The van der Waals surface area contributed by atoms with Gasteiger partial charge in [0.1, 0.15) is 5.75 Å². The number of hydrogen-bond acceptors (Lipinski definition) is 3. The van der Waals surface area contributed by atoms with Gasteiger partial charge < -0.3 is 21.1 Å². The maximum absolute atomic E-state index is 11.1. The molecule has 19 heavy (non-hydrogen) atoms. The van der Waals surface area contributed by atoms with E-state index in [1.54, 1.807) is 4.90 Å². The Labute approximate surface area is 113 Å². The summed E-state index contributed by atoms with van der Waals surface area (Å²) < 4.78 is 0. The minimum absolute atomic E-state index is 0.316. The first-order valence-corrected chi connectivity index (χ1v) is 6.59. The fourth-order valence-electron chi connectivity index (χ4n) is 2.46. The van der Waals surface area contributed by atoms with Gasteiger partial charge in [-0.15, -0.1) is 0 Å². The van der Waals surface area contributed by atoms with E-state index in [2.05, 4.69) is 5.32 Å². The van der Waals surface area contributed by atoms with E-state index in [1.807, 2.05) is 26.0 Å². The zero-order valence-electron chi connectivity index (χ0n) is 11.4. The number of amides is 2. The number of aromatic hydroxyl groups is 1. The molecule has 0 bridgehead atoms. The van der Waals surface area contributed by atoms with E-state index >= 15 is 0 Å². The largest absolute Gasteiger partial charge is 0.507 e. The molecule has 1 heterocycles. The Morgan fingerprint density at radius 1 is 1.37 bits per heavy atom.